The number of phenols is 1. The molecule has 0 bridgehead atoms. The second kappa shape index (κ2) is 7.85. The van der Waals surface area contributed by atoms with E-state index in [1.165, 1.54) is 18.3 Å². The predicted octanol–water partition coefficient (Wildman–Crippen LogP) is 3.62. The van der Waals surface area contributed by atoms with Gasteiger partial charge in [-0.25, -0.2) is 5.43 Å². The van der Waals surface area contributed by atoms with Crippen LogP contribution < -0.4 is 10.2 Å². The molecule has 0 spiro atoms. The molecule has 0 aliphatic heterocycles. The molecule has 0 aliphatic rings. The summed E-state index contributed by atoms with van der Waals surface area (Å²) in [4.78, 5) is 11.9. The number of aromatic hydroxyl groups is 1. The van der Waals surface area contributed by atoms with Crippen molar-refractivity contribution in [2.45, 2.75) is 13.0 Å². The topological polar surface area (TPSA) is 70.9 Å². The van der Waals surface area contributed by atoms with Crippen LogP contribution in [0.5, 0.6) is 11.5 Å². The number of amides is 1. The molecule has 0 heterocycles. The average molecular weight is 353 g/mol. The van der Waals surface area contributed by atoms with Crippen molar-refractivity contribution >= 4 is 35.3 Å². The fourth-order valence-corrected chi connectivity index (χ4v) is 1.96. The van der Waals surface area contributed by atoms with Crippen LogP contribution in [0.4, 0.5) is 0 Å². The van der Waals surface area contributed by atoms with Crippen LogP contribution in [0.15, 0.2) is 47.6 Å². The van der Waals surface area contributed by atoms with Crippen molar-refractivity contribution in [3.05, 3.63) is 58.1 Å². The molecule has 1 atom stereocenters. The highest BCUT2D eigenvalue weighted by Crippen LogP contribution is 2.19. The second-order valence-electron chi connectivity index (χ2n) is 4.65. The summed E-state index contributed by atoms with van der Waals surface area (Å²) in [6.45, 7) is 1.59. The monoisotopic (exact) mass is 352 g/mol. The van der Waals surface area contributed by atoms with Gasteiger partial charge in [0.2, 0.25) is 0 Å². The zero-order valence-corrected chi connectivity index (χ0v) is 13.7. The van der Waals surface area contributed by atoms with Crippen LogP contribution in [0, 0.1) is 0 Å². The maximum Gasteiger partial charge on any atom is 0.280 e. The summed E-state index contributed by atoms with van der Waals surface area (Å²) in [6.07, 6.45) is 0.551. The smallest absolute Gasteiger partial charge is 0.280 e. The van der Waals surface area contributed by atoms with Crippen molar-refractivity contribution in [3.8, 4) is 11.5 Å². The number of carbonyl (C=O) groups is 1. The van der Waals surface area contributed by atoms with E-state index >= 15 is 0 Å². The molecule has 0 saturated carbocycles. The summed E-state index contributed by atoms with van der Waals surface area (Å²) in [5.74, 6) is 0.101. The Hall–Kier alpha value is -2.24. The number of ether oxygens (including phenoxy) is 1. The number of hydrogen-bond acceptors (Lipinski definition) is 4. The van der Waals surface area contributed by atoms with Gasteiger partial charge in [-0.1, -0.05) is 23.2 Å². The van der Waals surface area contributed by atoms with E-state index in [2.05, 4.69) is 10.5 Å². The Labute approximate surface area is 143 Å². The Morgan fingerprint density at radius 1 is 1.22 bits per heavy atom. The van der Waals surface area contributed by atoms with E-state index in [4.69, 9.17) is 27.9 Å². The predicted molar refractivity (Wildman–Crippen MR) is 90.4 cm³/mol. The van der Waals surface area contributed by atoms with Gasteiger partial charge in [-0.15, -0.1) is 0 Å². The third kappa shape index (κ3) is 5.16. The summed E-state index contributed by atoms with van der Waals surface area (Å²) >= 11 is 11.6. The van der Waals surface area contributed by atoms with E-state index in [-0.39, 0.29) is 5.75 Å². The third-order valence-corrected chi connectivity index (χ3v) is 3.35. The minimum atomic E-state index is -0.749. The number of hydrogen-bond donors (Lipinski definition) is 2. The van der Waals surface area contributed by atoms with Crippen LogP contribution in [0.1, 0.15) is 12.5 Å². The van der Waals surface area contributed by atoms with Gasteiger partial charge in [0.05, 0.1) is 6.21 Å². The number of nitrogens with one attached hydrogen (secondary N) is 1. The maximum absolute atomic E-state index is 11.9. The highest BCUT2D eigenvalue weighted by Gasteiger charge is 2.13. The third-order valence-electron chi connectivity index (χ3n) is 2.86. The van der Waals surface area contributed by atoms with E-state index in [0.717, 1.165) is 0 Å². The van der Waals surface area contributed by atoms with Crippen molar-refractivity contribution in [1.29, 1.82) is 0 Å². The molecule has 0 saturated heterocycles. The van der Waals surface area contributed by atoms with Crippen molar-refractivity contribution in [2.24, 2.45) is 5.10 Å². The van der Waals surface area contributed by atoms with Crippen molar-refractivity contribution < 1.29 is 14.6 Å². The van der Waals surface area contributed by atoms with E-state index in [1.807, 2.05) is 0 Å². The van der Waals surface area contributed by atoms with Gasteiger partial charge >= 0.3 is 0 Å². The Kier molecular flexibility index (Phi) is 5.84. The number of halogens is 2. The molecule has 0 aliphatic carbocycles. The summed E-state index contributed by atoms with van der Waals surface area (Å²) in [5, 5.41) is 14.4. The molecule has 2 aromatic carbocycles. The molecule has 5 nitrogen and oxygen atoms in total. The fraction of sp³-hybridized carbons (Fsp3) is 0.125. The normalized spacial score (nSPS) is 12.1. The first kappa shape index (κ1) is 17.1. The van der Waals surface area contributed by atoms with E-state index < -0.39 is 12.0 Å². The van der Waals surface area contributed by atoms with Gasteiger partial charge in [-0.2, -0.15) is 5.10 Å². The van der Waals surface area contributed by atoms with Crippen LogP contribution in [0.3, 0.4) is 0 Å². The van der Waals surface area contributed by atoms with Crippen LogP contribution in [0.2, 0.25) is 10.0 Å². The lowest BCUT2D eigenvalue weighted by Crippen LogP contribution is -2.33. The van der Waals surface area contributed by atoms with Gasteiger partial charge in [0, 0.05) is 15.6 Å². The molecule has 0 unspecified atom stereocenters. The van der Waals surface area contributed by atoms with E-state index in [9.17, 15) is 9.90 Å². The minimum absolute atomic E-state index is 0.0119. The first-order chi connectivity index (χ1) is 11.0. The first-order valence-corrected chi connectivity index (χ1v) is 7.45. The van der Waals surface area contributed by atoms with Crippen molar-refractivity contribution in [3.63, 3.8) is 0 Å². The molecule has 0 fully saturated rings. The van der Waals surface area contributed by atoms with Crippen molar-refractivity contribution in [1.82, 2.24) is 5.43 Å². The van der Waals surface area contributed by atoms with Gasteiger partial charge in [0.1, 0.15) is 11.5 Å². The molecular formula is C16H14Cl2N2O3. The Bertz CT molecular complexity index is 718. The quantitative estimate of drug-likeness (QED) is 0.637. The molecule has 120 valence electrons. The number of carbonyl (C=O) groups excluding carboxylic acids is 1. The maximum atomic E-state index is 11.9. The zero-order chi connectivity index (χ0) is 16.8. The molecule has 2 N–H and O–H groups in total. The van der Waals surface area contributed by atoms with E-state index in [1.54, 1.807) is 37.3 Å². The molecule has 0 aromatic heterocycles. The van der Waals surface area contributed by atoms with Crippen molar-refractivity contribution in [2.75, 3.05) is 0 Å². The van der Waals surface area contributed by atoms with E-state index in [0.29, 0.717) is 21.4 Å². The van der Waals surface area contributed by atoms with Gasteiger partial charge in [0.15, 0.2) is 6.10 Å². The lowest BCUT2D eigenvalue weighted by atomic mass is 10.2. The van der Waals surface area contributed by atoms with Gasteiger partial charge in [0.25, 0.3) is 5.91 Å². The lowest BCUT2D eigenvalue weighted by molar-refractivity contribution is -0.127. The number of nitrogens with zero attached hydrogens (tertiary/aromatic N) is 1. The van der Waals surface area contributed by atoms with Crippen LogP contribution in [0.25, 0.3) is 0 Å². The van der Waals surface area contributed by atoms with Crippen LogP contribution in [-0.2, 0) is 4.79 Å². The number of hydrazone groups is 1. The van der Waals surface area contributed by atoms with Crippen LogP contribution in [-0.4, -0.2) is 23.3 Å². The summed E-state index contributed by atoms with van der Waals surface area (Å²) in [7, 11) is 0. The van der Waals surface area contributed by atoms with Gasteiger partial charge < -0.3 is 9.84 Å². The summed E-state index contributed by atoms with van der Waals surface area (Å²) in [5.41, 5.74) is 2.73. The minimum Gasteiger partial charge on any atom is -0.507 e. The second-order valence-corrected chi connectivity index (χ2v) is 5.52. The van der Waals surface area contributed by atoms with Crippen LogP contribution >= 0.6 is 23.2 Å². The molecule has 2 aromatic rings. The first-order valence-electron chi connectivity index (χ1n) is 6.69. The highest BCUT2D eigenvalue weighted by molar-refractivity contribution is 6.31. The molecule has 7 heteroatoms. The largest absolute Gasteiger partial charge is 0.507 e. The Morgan fingerprint density at radius 3 is 2.57 bits per heavy atom. The summed E-state index contributed by atoms with van der Waals surface area (Å²) < 4.78 is 5.46. The Morgan fingerprint density at radius 2 is 1.87 bits per heavy atom. The summed E-state index contributed by atoms with van der Waals surface area (Å²) in [6, 6.07) is 11.2. The fourth-order valence-electron chi connectivity index (χ4n) is 1.66. The van der Waals surface area contributed by atoms with Gasteiger partial charge in [-0.05, 0) is 49.4 Å². The number of rotatable bonds is 5. The SMILES string of the molecule is C[C@H](Oc1ccc(Cl)cc1)C(=O)N/N=C\c1cc(Cl)ccc1O. The highest BCUT2D eigenvalue weighted by atomic mass is 35.5. The standard InChI is InChI=1S/C16H14Cl2N2O3/c1-10(23-14-5-2-12(17)3-6-14)16(22)20-19-9-11-8-13(18)4-7-15(11)21/h2-10,21H,1H3,(H,20,22)/b19-9-/t10-/m0/s1. The molecular weight excluding hydrogens is 339 g/mol. The number of phenolic OH excluding ortho intramolecular Hbond substituents is 1. The average Bonchev–Trinajstić information content (AvgIpc) is 2.52. The van der Waals surface area contributed by atoms with Gasteiger partial charge in [-0.3, -0.25) is 4.79 Å². The molecule has 1 amide bonds. The Balaban J connectivity index is 1.92. The molecule has 2 rings (SSSR count). The molecule has 23 heavy (non-hydrogen) atoms. The zero-order valence-electron chi connectivity index (χ0n) is 12.2. The molecule has 0 radical (unpaired) electrons. The lowest BCUT2D eigenvalue weighted by Gasteiger charge is -2.12. The number of benzene rings is 2.